The molecule has 0 unspecified atom stereocenters. The van der Waals surface area contributed by atoms with E-state index in [2.05, 4.69) is 5.32 Å². The van der Waals surface area contributed by atoms with Gasteiger partial charge in [0.1, 0.15) is 0 Å². The van der Waals surface area contributed by atoms with E-state index < -0.39 is 10.0 Å². The van der Waals surface area contributed by atoms with Gasteiger partial charge >= 0.3 is 0 Å². The Bertz CT molecular complexity index is 983. The molecule has 1 fully saturated rings. The summed E-state index contributed by atoms with van der Waals surface area (Å²) < 4.78 is 25.3. The number of nitrogens with one attached hydrogen (secondary N) is 1. The second kappa shape index (κ2) is 7.73. The summed E-state index contributed by atoms with van der Waals surface area (Å²) >= 11 is 0. The standard InChI is InChI=1S/C20H23N3O4S/c1-14-4-8-17(9-5-14)23-13-16(12-19(23)24)21-20(25)15-6-10-18(11-7-15)28(26,27)22(2)3/h4-11,16H,12-13H2,1-3H3,(H,21,25)/t16-/m1/s1. The molecule has 1 saturated heterocycles. The van der Waals surface area contributed by atoms with Gasteiger partial charge in [-0.25, -0.2) is 12.7 Å². The zero-order chi connectivity index (χ0) is 20.5. The van der Waals surface area contributed by atoms with Crippen LogP contribution in [0.5, 0.6) is 0 Å². The Morgan fingerprint density at radius 1 is 1.07 bits per heavy atom. The average Bonchev–Trinajstić information content (AvgIpc) is 3.02. The zero-order valence-electron chi connectivity index (χ0n) is 16.0. The number of sulfonamides is 1. The number of amides is 2. The fraction of sp³-hybridized carbons (Fsp3) is 0.300. The summed E-state index contributed by atoms with van der Waals surface area (Å²) in [5.41, 5.74) is 2.27. The van der Waals surface area contributed by atoms with Crippen LogP contribution in [0, 0.1) is 6.92 Å². The van der Waals surface area contributed by atoms with Crippen molar-refractivity contribution in [1.29, 1.82) is 0 Å². The number of carbonyl (C=O) groups excluding carboxylic acids is 2. The molecular formula is C20H23N3O4S. The molecule has 2 amide bonds. The van der Waals surface area contributed by atoms with Crippen LogP contribution in [0.3, 0.4) is 0 Å². The number of rotatable bonds is 5. The number of nitrogens with zero attached hydrogens (tertiary/aromatic N) is 2. The highest BCUT2D eigenvalue weighted by molar-refractivity contribution is 7.89. The third kappa shape index (κ3) is 4.07. The van der Waals surface area contributed by atoms with Crippen molar-refractivity contribution in [3.63, 3.8) is 0 Å². The zero-order valence-corrected chi connectivity index (χ0v) is 16.9. The van der Waals surface area contributed by atoms with Gasteiger partial charge < -0.3 is 10.2 Å². The van der Waals surface area contributed by atoms with Crippen LogP contribution in [0.4, 0.5) is 5.69 Å². The van der Waals surface area contributed by atoms with E-state index in [1.807, 2.05) is 31.2 Å². The minimum absolute atomic E-state index is 0.0402. The maximum Gasteiger partial charge on any atom is 0.251 e. The Balaban J connectivity index is 1.67. The minimum Gasteiger partial charge on any atom is -0.347 e. The van der Waals surface area contributed by atoms with E-state index in [0.29, 0.717) is 12.1 Å². The number of aryl methyl sites for hydroxylation is 1. The maximum absolute atomic E-state index is 12.5. The topological polar surface area (TPSA) is 86.8 Å². The third-order valence-electron chi connectivity index (χ3n) is 4.70. The molecule has 1 heterocycles. The first-order valence-corrected chi connectivity index (χ1v) is 10.3. The minimum atomic E-state index is -3.54. The van der Waals surface area contributed by atoms with Crippen LogP contribution in [-0.4, -0.2) is 51.2 Å². The van der Waals surface area contributed by atoms with Crippen LogP contribution < -0.4 is 10.2 Å². The molecule has 0 radical (unpaired) electrons. The van der Waals surface area contributed by atoms with Crippen LogP contribution in [0.25, 0.3) is 0 Å². The van der Waals surface area contributed by atoms with E-state index >= 15 is 0 Å². The van der Waals surface area contributed by atoms with Crippen LogP contribution in [0.15, 0.2) is 53.4 Å². The first kappa shape index (κ1) is 20.0. The molecule has 8 heteroatoms. The van der Waals surface area contributed by atoms with Gasteiger partial charge in [0, 0.05) is 38.3 Å². The molecule has 0 bridgehead atoms. The molecule has 28 heavy (non-hydrogen) atoms. The summed E-state index contributed by atoms with van der Waals surface area (Å²) in [7, 11) is -0.637. The van der Waals surface area contributed by atoms with Gasteiger partial charge in [-0.1, -0.05) is 17.7 Å². The van der Waals surface area contributed by atoms with Crippen LogP contribution in [-0.2, 0) is 14.8 Å². The molecule has 3 rings (SSSR count). The molecule has 1 aliphatic heterocycles. The molecule has 0 spiro atoms. The monoisotopic (exact) mass is 401 g/mol. The quantitative estimate of drug-likeness (QED) is 0.827. The van der Waals surface area contributed by atoms with E-state index in [-0.39, 0.29) is 29.2 Å². The van der Waals surface area contributed by atoms with Gasteiger partial charge in [-0.2, -0.15) is 0 Å². The van der Waals surface area contributed by atoms with Crippen molar-refractivity contribution in [3.8, 4) is 0 Å². The summed E-state index contributed by atoms with van der Waals surface area (Å²) in [5, 5.41) is 2.86. The Morgan fingerprint density at radius 2 is 1.68 bits per heavy atom. The van der Waals surface area contributed by atoms with E-state index in [1.54, 1.807) is 4.90 Å². The van der Waals surface area contributed by atoms with Gasteiger partial charge in [-0.05, 0) is 43.3 Å². The number of hydrogen-bond donors (Lipinski definition) is 1. The molecule has 2 aromatic rings. The van der Waals surface area contributed by atoms with Gasteiger partial charge in [0.05, 0.1) is 10.9 Å². The Hall–Kier alpha value is -2.71. The molecule has 148 valence electrons. The Kier molecular flexibility index (Phi) is 5.53. The van der Waals surface area contributed by atoms with Crippen molar-refractivity contribution in [2.75, 3.05) is 25.5 Å². The van der Waals surface area contributed by atoms with Crippen LogP contribution in [0.1, 0.15) is 22.3 Å². The lowest BCUT2D eigenvalue weighted by Gasteiger charge is -2.17. The molecule has 0 aromatic heterocycles. The fourth-order valence-electron chi connectivity index (χ4n) is 3.04. The maximum atomic E-state index is 12.5. The summed E-state index contributed by atoms with van der Waals surface area (Å²) in [6.45, 7) is 2.38. The summed E-state index contributed by atoms with van der Waals surface area (Å²) in [5.74, 6) is -0.376. The number of anilines is 1. The lowest BCUT2D eigenvalue weighted by molar-refractivity contribution is -0.117. The van der Waals surface area contributed by atoms with E-state index in [4.69, 9.17) is 0 Å². The van der Waals surface area contributed by atoms with Gasteiger partial charge in [-0.15, -0.1) is 0 Å². The molecule has 1 N–H and O–H groups in total. The lowest BCUT2D eigenvalue weighted by Crippen LogP contribution is -2.37. The summed E-state index contributed by atoms with van der Waals surface area (Å²) in [6, 6.07) is 13.1. The molecule has 2 aromatic carbocycles. The summed E-state index contributed by atoms with van der Waals surface area (Å²) in [4.78, 5) is 26.6. The van der Waals surface area contributed by atoms with Gasteiger partial charge in [-0.3, -0.25) is 9.59 Å². The van der Waals surface area contributed by atoms with Crippen molar-refractivity contribution in [1.82, 2.24) is 9.62 Å². The smallest absolute Gasteiger partial charge is 0.251 e. The Morgan fingerprint density at radius 3 is 2.25 bits per heavy atom. The van der Waals surface area contributed by atoms with E-state index in [0.717, 1.165) is 15.6 Å². The molecular weight excluding hydrogens is 378 g/mol. The van der Waals surface area contributed by atoms with Crippen LogP contribution in [0.2, 0.25) is 0 Å². The normalized spacial score (nSPS) is 17.2. The highest BCUT2D eigenvalue weighted by Gasteiger charge is 2.31. The van der Waals surface area contributed by atoms with E-state index in [1.165, 1.54) is 38.4 Å². The highest BCUT2D eigenvalue weighted by Crippen LogP contribution is 2.22. The third-order valence-corrected chi connectivity index (χ3v) is 6.53. The number of hydrogen-bond acceptors (Lipinski definition) is 4. The Labute approximate surface area is 165 Å². The lowest BCUT2D eigenvalue weighted by atomic mass is 10.2. The highest BCUT2D eigenvalue weighted by atomic mass is 32.2. The SMILES string of the molecule is Cc1ccc(N2C[C@H](NC(=O)c3ccc(S(=O)(=O)N(C)C)cc3)CC2=O)cc1. The first-order chi connectivity index (χ1) is 13.2. The van der Waals surface area contributed by atoms with Crippen molar-refractivity contribution >= 4 is 27.5 Å². The predicted molar refractivity (Wildman–Crippen MR) is 107 cm³/mol. The van der Waals surface area contributed by atoms with Crippen LogP contribution >= 0.6 is 0 Å². The van der Waals surface area contributed by atoms with Gasteiger partial charge in [0.15, 0.2) is 0 Å². The molecule has 7 nitrogen and oxygen atoms in total. The first-order valence-electron chi connectivity index (χ1n) is 8.89. The predicted octanol–water partition coefficient (Wildman–Crippen LogP) is 1.78. The van der Waals surface area contributed by atoms with E-state index in [9.17, 15) is 18.0 Å². The van der Waals surface area contributed by atoms with Gasteiger partial charge in [0.25, 0.3) is 5.91 Å². The largest absolute Gasteiger partial charge is 0.347 e. The van der Waals surface area contributed by atoms with Crippen molar-refractivity contribution in [3.05, 3.63) is 59.7 Å². The molecule has 0 saturated carbocycles. The second-order valence-electron chi connectivity index (χ2n) is 7.03. The average molecular weight is 401 g/mol. The van der Waals surface area contributed by atoms with Gasteiger partial charge in [0.2, 0.25) is 15.9 Å². The summed E-state index contributed by atoms with van der Waals surface area (Å²) in [6.07, 6.45) is 0.229. The van der Waals surface area contributed by atoms with Crippen molar-refractivity contribution < 1.29 is 18.0 Å². The molecule has 0 aliphatic carbocycles. The molecule has 1 atom stereocenters. The fourth-order valence-corrected chi connectivity index (χ4v) is 3.94. The number of benzene rings is 2. The van der Waals surface area contributed by atoms with Crippen molar-refractivity contribution in [2.45, 2.75) is 24.3 Å². The second-order valence-corrected chi connectivity index (χ2v) is 9.18. The molecule has 1 aliphatic rings. The number of carbonyl (C=O) groups is 2. The van der Waals surface area contributed by atoms with Crippen molar-refractivity contribution in [2.24, 2.45) is 0 Å².